The molecule has 0 aliphatic carbocycles. The molecule has 1 N–H and O–H groups in total. The first kappa shape index (κ1) is 16.5. The van der Waals surface area contributed by atoms with Crippen molar-refractivity contribution in [2.45, 2.75) is 47.1 Å². The first-order chi connectivity index (χ1) is 9.46. The number of nitrogens with one attached hydrogen (secondary N) is 1. The van der Waals surface area contributed by atoms with Crippen LogP contribution in [-0.2, 0) is 0 Å². The van der Waals surface area contributed by atoms with Gasteiger partial charge in [0, 0.05) is 20.1 Å². The molecule has 0 saturated heterocycles. The van der Waals surface area contributed by atoms with Gasteiger partial charge in [0.2, 0.25) is 11.9 Å². The third-order valence-electron chi connectivity index (χ3n) is 2.90. The van der Waals surface area contributed by atoms with E-state index in [0.29, 0.717) is 23.8 Å². The fourth-order valence-corrected chi connectivity index (χ4v) is 1.70. The smallest absolute Gasteiger partial charge is 0.323 e. The van der Waals surface area contributed by atoms with Gasteiger partial charge in [-0.3, -0.25) is 0 Å². The van der Waals surface area contributed by atoms with Crippen molar-refractivity contribution in [2.24, 2.45) is 5.92 Å². The zero-order valence-corrected chi connectivity index (χ0v) is 13.5. The van der Waals surface area contributed by atoms with E-state index in [1.165, 1.54) is 0 Å². The molecular weight excluding hydrogens is 254 g/mol. The van der Waals surface area contributed by atoms with Gasteiger partial charge in [-0.1, -0.05) is 20.3 Å². The Kier molecular flexibility index (Phi) is 6.48. The van der Waals surface area contributed by atoms with Crippen LogP contribution in [0, 0.1) is 5.92 Å². The first-order valence-corrected chi connectivity index (χ1v) is 7.33. The van der Waals surface area contributed by atoms with E-state index >= 15 is 0 Å². The molecule has 1 aromatic rings. The van der Waals surface area contributed by atoms with Crippen molar-refractivity contribution in [1.29, 1.82) is 0 Å². The van der Waals surface area contributed by atoms with Gasteiger partial charge in [0.25, 0.3) is 0 Å². The summed E-state index contributed by atoms with van der Waals surface area (Å²) in [5.41, 5.74) is 0. The van der Waals surface area contributed by atoms with Crippen LogP contribution in [0.4, 0.5) is 11.9 Å². The SMILES string of the molecule is CCNc1nc(OC(C)C)nc(N(C)CC(C)CC)n1. The molecule has 0 radical (unpaired) electrons. The van der Waals surface area contributed by atoms with Gasteiger partial charge in [-0.05, 0) is 26.7 Å². The van der Waals surface area contributed by atoms with Gasteiger partial charge in [-0.25, -0.2) is 0 Å². The number of aromatic nitrogens is 3. The molecule has 6 nitrogen and oxygen atoms in total. The zero-order valence-electron chi connectivity index (χ0n) is 13.5. The van der Waals surface area contributed by atoms with Crippen LogP contribution in [0.2, 0.25) is 0 Å². The lowest BCUT2D eigenvalue weighted by Crippen LogP contribution is -2.26. The second kappa shape index (κ2) is 7.87. The number of rotatable bonds is 8. The summed E-state index contributed by atoms with van der Waals surface area (Å²) in [5.74, 6) is 1.80. The maximum absolute atomic E-state index is 5.59. The van der Waals surface area contributed by atoms with Crippen LogP contribution < -0.4 is 15.0 Å². The summed E-state index contributed by atoms with van der Waals surface area (Å²) in [6, 6.07) is 0.372. The number of hydrogen-bond acceptors (Lipinski definition) is 6. The maximum Gasteiger partial charge on any atom is 0.323 e. The molecule has 114 valence electrons. The van der Waals surface area contributed by atoms with Gasteiger partial charge >= 0.3 is 6.01 Å². The fourth-order valence-electron chi connectivity index (χ4n) is 1.70. The standard InChI is InChI=1S/C14H27N5O/c1-7-11(5)9-19(6)13-16-12(15-8-2)17-14(18-13)20-10(3)4/h10-11H,7-9H2,1-6H3,(H,15,16,17,18). The minimum Gasteiger partial charge on any atom is -0.461 e. The van der Waals surface area contributed by atoms with Crippen molar-refractivity contribution in [3.63, 3.8) is 0 Å². The van der Waals surface area contributed by atoms with E-state index in [4.69, 9.17) is 4.74 Å². The monoisotopic (exact) mass is 281 g/mol. The average Bonchev–Trinajstić information content (AvgIpc) is 2.37. The van der Waals surface area contributed by atoms with E-state index in [9.17, 15) is 0 Å². The molecule has 0 aliphatic rings. The van der Waals surface area contributed by atoms with Crippen molar-refractivity contribution in [3.8, 4) is 6.01 Å². The number of hydrogen-bond donors (Lipinski definition) is 1. The van der Waals surface area contributed by atoms with E-state index in [1.807, 2.05) is 32.7 Å². The Morgan fingerprint density at radius 1 is 1.15 bits per heavy atom. The van der Waals surface area contributed by atoms with Gasteiger partial charge in [0.05, 0.1) is 6.10 Å². The van der Waals surface area contributed by atoms with E-state index < -0.39 is 0 Å². The molecular formula is C14H27N5O. The minimum absolute atomic E-state index is 0.0413. The molecule has 0 spiro atoms. The normalized spacial score (nSPS) is 12.3. The largest absolute Gasteiger partial charge is 0.461 e. The molecule has 1 heterocycles. The third kappa shape index (κ3) is 5.19. The molecule has 1 aromatic heterocycles. The highest BCUT2D eigenvalue weighted by molar-refractivity contribution is 5.37. The van der Waals surface area contributed by atoms with Gasteiger partial charge < -0.3 is 15.0 Å². The Hall–Kier alpha value is -1.59. The lowest BCUT2D eigenvalue weighted by atomic mass is 10.1. The van der Waals surface area contributed by atoms with Crippen molar-refractivity contribution in [2.75, 3.05) is 30.4 Å². The molecule has 1 unspecified atom stereocenters. The average molecular weight is 281 g/mol. The summed E-state index contributed by atoms with van der Waals surface area (Å²) in [5, 5.41) is 3.11. The predicted molar refractivity (Wildman–Crippen MR) is 82.5 cm³/mol. The summed E-state index contributed by atoms with van der Waals surface area (Å²) < 4.78 is 5.59. The first-order valence-electron chi connectivity index (χ1n) is 7.33. The van der Waals surface area contributed by atoms with Crippen LogP contribution in [0.25, 0.3) is 0 Å². The van der Waals surface area contributed by atoms with Crippen LogP contribution in [0.15, 0.2) is 0 Å². The van der Waals surface area contributed by atoms with Crippen LogP contribution >= 0.6 is 0 Å². The van der Waals surface area contributed by atoms with Crippen LogP contribution in [0.5, 0.6) is 6.01 Å². The second-order valence-electron chi connectivity index (χ2n) is 5.33. The Balaban J connectivity index is 2.94. The van der Waals surface area contributed by atoms with Gasteiger partial charge in [0.1, 0.15) is 0 Å². The third-order valence-corrected chi connectivity index (χ3v) is 2.90. The second-order valence-corrected chi connectivity index (χ2v) is 5.33. The van der Waals surface area contributed by atoms with Gasteiger partial charge in [0.15, 0.2) is 0 Å². The summed E-state index contributed by atoms with van der Waals surface area (Å²) in [7, 11) is 2.00. The Bertz CT molecular complexity index is 411. The Morgan fingerprint density at radius 3 is 2.40 bits per heavy atom. The van der Waals surface area contributed by atoms with Crippen molar-refractivity contribution >= 4 is 11.9 Å². The van der Waals surface area contributed by atoms with Crippen molar-refractivity contribution < 1.29 is 4.74 Å². The van der Waals surface area contributed by atoms with Crippen LogP contribution in [0.1, 0.15) is 41.0 Å². The lowest BCUT2D eigenvalue weighted by Gasteiger charge is -2.21. The molecule has 0 bridgehead atoms. The van der Waals surface area contributed by atoms with E-state index in [-0.39, 0.29) is 6.10 Å². The maximum atomic E-state index is 5.59. The highest BCUT2D eigenvalue weighted by Crippen LogP contribution is 2.16. The van der Waals surface area contributed by atoms with E-state index in [0.717, 1.165) is 19.5 Å². The Morgan fingerprint density at radius 2 is 1.85 bits per heavy atom. The predicted octanol–water partition coefficient (Wildman–Crippen LogP) is 2.57. The van der Waals surface area contributed by atoms with E-state index in [2.05, 4.69) is 34.1 Å². The molecule has 0 amide bonds. The summed E-state index contributed by atoms with van der Waals surface area (Å²) in [6.45, 7) is 12.0. The van der Waals surface area contributed by atoms with Crippen LogP contribution in [-0.4, -0.2) is 41.2 Å². The van der Waals surface area contributed by atoms with Gasteiger partial charge in [-0.2, -0.15) is 15.0 Å². The lowest BCUT2D eigenvalue weighted by molar-refractivity contribution is 0.222. The highest BCUT2D eigenvalue weighted by Gasteiger charge is 2.13. The zero-order chi connectivity index (χ0) is 15.1. The number of ether oxygens (including phenoxy) is 1. The molecule has 1 rings (SSSR count). The van der Waals surface area contributed by atoms with Crippen molar-refractivity contribution in [3.05, 3.63) is 0 Å². The molecule has 1 atom stereocenters. The van der Waals surface area contributed by atoms with E-state index in [1.54, 1.807) is 0 Å². The highest BCUT2D eigenvalue weighted by atomic mass is 16.5. The summed E-state index contributed by atoms with van der Waals surface area (Å²) in [6.07, 6.45) is 1.17. The number of nitrogens with zero attached hydrogens (tertiary/aromatic N) is 4. The summed E-state index contributed by atoms with van der Waals surface area (Å²) in [4.78, 5) is 15.1. The quantitative estimate of drug-likeness (QED) is 0.790. The molecule has 0 saturated carbocycles. The topological polar surface area (TPSA) is 63.2 Å². The minimum atomic E-state index is 0.0413. The molecule has 0 aromatic carbocycles. The van der Waals surface area contributed by atoms with Gasteiger partial charge in [-0.15, -0.1) is 0 Å². The molecule has 20 heavy (non-hydrogen) atoms. The van der Waals surface area contributed by atoms with Crippen LogP contribution in [0.3, 0.4) is 0 Å². The molecule has 0 fully saturated rings. The fraction of sp³-hybridized carbons (Fsp3) is 0.786. The summed E-state index contributed by atoms with van der Waals surface area (Å²) >= 11 is 0. The molecule has 0 aliphatic heterocycles. The number of anilines is 2. The molecule has 6 heteroatoms. The van der Waals surface area contributed by atoms with Crippen molar-refractivity contribution in [1.82, 2.24) is 15.0 Å². The Labute approximate surface area is 122 Å².